The fourth-order valence-corrected chi connectivity index (χ4v) is 1.31. The van der Waals surface area contributed by atoms with E-state index < -0.39 is 11.7 Å². The van der Waals surface area contributed by atoms with Crippen molar-refractivity contribution in [3.63, 3.8) is 0 Å². The summed E-state index contributed by atoms with van der Waals surface area (Å²) >= 11 is 3.05. The summed E-state index contributed by atoms with van der Waals surface area (Å²) in [4.78, 5) is 0. The van der Waals surface area contributed by atoms with Gasteiger partial charge in [-0.25, -0.2) is 0 Å². The second-order valence-electron chi connectivity index (χ2n) is 2.72. The smallest absolute Gasteiger partial charge is 0.416 e. The molecule has 6 heteroatoms. The van der Waals surface area contributed by atoms with Crippen molar-refractivity contribution >= 4 is 15.9 Å². The van der Waals surface area contributed by atoms with Gasteiger partial charge in [-0.05, 0) is 34.1 Å². The van der Waals surface area contributed by atoms with E-state index in [4.69, 9.17) is 9.84 Å². The van der Waals surface area contributed by atoms with Crippen molar-refractivity contribution in [2.45, 2.75) is 6.18 Å². The molecular weight excluding hydrogens is 277 g/mol. The summed E-state index contributed by atoms with van der Waals surface area (Å²) in [5.41, 5.74) is -0.779. The van der Waals surface area contributed by atoms with Crippen LogP contribution in [0.4, 0.5) is 13.2 Å². The molecule has 0 spiro atoms. The van der Waals surface area contributed by atoms with E-state index in [1.54, 1.807) is 0 Å². The largest absolute Gasteiger partial charge is 0.490 e. The minimum Gasteiger partial charge on any atom is -0.490 e. The van der Waals surface area contributed by atoms with Crippen LogP contribution in [-0.4, -0.2) is 18.3 Å². The van der Waals surface area contributed by atoms with Gasteiger partial charge in [0.05, 0.1) is 16.6 Å². The average molecular weight is 285 g/mol. The number of aliphatic hydroxyl groups is 1. The summed E-state index contributed by atoms with van der Waals surface area (Å²) in [6.45, 7) is -0.289. The zero-order valence-corrected chi connectivity index (χ0v) is 9.10. The molecule has 0 fully saturated rings. The highest BCUT2D eigenvalue weighted by Crippen LogP contribution is 2.34. The molecule has 2 nitrogen and oxygen atoms in total. The van der Waals surface area contributed by atoms with Crippen LogP contribution in [0.5, 0.6) is 5.75 Å². The first-order chi connectivity index (χ1) is 6.95. The number of aliphatic hydroxyl groups excluding tert-OH is 1. The Hall–Kier alpha value is -0.750. The Labute approximate surface area is 92.8 Å². The molecule has 1 aromatic carbocycles. The van der Waals surface area contributed by atoms with Crippen LogP contribution in [0.25, 0.3) is 0 Å². The lowest BCUT2D eigenvalue weighted by Gasteiger charge is -2.11. The summed E-state index contributed by atoms with van der Waals surface area (Å²) in [7, 11) is 0. The number of alkyl halides is 3. The topological polar surface area (TPSA) is 29.5 Å². The Kier molecular flexibility index (Phi) is 3.98. The highest BCUT2D eigenvalue weighted by atomic mass is 79.9. The quantitative estimate of drug-likeness (QED) is 0.925. The van der Waals surface area contributed by atoms with Gasteiger partial charge in [0.1, 0.15) is 12.4 Å². The number of hydrogen-bond donors (Lipinski definition) is 1. The van der Waals surface area contributed by atoms with Crippen LogP contribution < -0.4 is 4.74 Å². The molecule has 0 aliphatic heterocycles. The lowest BCUT2D eigenvalue weighted by molar-refractivity contribution is -0.137. The van der Waals surface area contributed by atoms with Gasteiger partial charge in [0, 0.05) is 0 Å². The zero-order valence-electron chi connectivity index (χ0n) is 7.51. The summed E-state index contributed by atoms with van der Waals surface area (Å²) in [5, 5.41) is 8.49. The first kappa shape index (κ1) is 12.3. The Morgan fingerprint density at radius 2 is 2.00 bits per heavy atom. The fraction of sp³-hybridized carbons (Fsp3) is 0.333. The molecule has 0 radical (unpaired) electrons. The van der Waals surface area contributed by atoms with Gasteiger partial charge in [0.25, 0.3) is 0 Å². The standard InChI is InChI=1S/C9H8BrF3O2/c10-7-2-1-6(9(11,12)13)5-8(7)15-4-3-14/h1-2,5,14H,3-4H2. The second kappa shape index (κ2) is 4.85. The van der Waals surface area contributed by atoms with Crippen molar-refractivity contribution in [2.24, 2.45) is 0 Å². The van der Waals surface area contributed by atoms with Crippen LogP contribution in [0.15, 0.2) is 22.7 Å². The first-order valence-corrected chi connectivity index (χ1v) is 4.85. The van der Waals surface area contributed by atoms with Crippen LogP contribution >= 0.6 is 15.9 Å². The summed E-state index contributed by atoms with van der Waals surface area (Å²) in [5.74, 6) is 0.0684. The maximum atomic E-state index is 12.3. The van der Waals surface area contributed by atoms with Crippen LogP contribution in [0.1, 0.15) is 5.56 Å². The minimum absolute atomic E-state index is 0.0418. The van der Waals surface area contributed by atoms with E-state index in [0.717, 1.165) is 12.1 Å². The molecule has 0 amide bonds. The Morgan fingerprint density at radius 1 is 1.33 bits per heavy atom. The molecule has 0 aliphatic carbocycles. The second-order valence-corrected chi connectivity index (χ2v) is 3.57. The van der Waals surface area contributed by atoms with Crippen LogP contribution in [0.3, 0.4) is 0 Å². The van der Waals surface area contributed by atoms with E-state index in [0.29, 0.717) is 4.47 Å². The van der Waals surface area contributed by atoms with Gasteiger partial charge in [0.2, 0.25) is 0 Å². The predicted molar refractivity (Wildman–Crippen MR) is 51.7 cm³/mol. The molecule has 0 saturated heterocycles. The third kappa shape index (κ3) is 3.39. The van der Waals surface area contributed by atoms with Crippen molar-refractivity contribution in [3.05, 3.63) is 28.2 Å². The van der Waals surface area contributed by atoms with E-state index in [1.807, 2.05) is 0 Å². The summed E-state index contributed by atoms with van der Waals surface area (Å²) in [6, 6.07) is 3.10. The van der Waals surface area contributed by atoms with Crippen molar-refractivity contribution in [1.82, 2.24) is 0 Å². The molecule has 1 aromatic rings. The van der Waals surface area contributed by atoms with E-state index >= 15 is 0 Å². The lowest BCUT2D eigenvalue weighted by atomic mass is 10.2. The number of halogens is 4. The van der Waals surface area contributed by atoms with Crippen molar-refractivity contribution in [3.8, 4) is 5.75 Å². The molecule has 1 N–H and O–H groups in total. The van der Waals surface area contributed by atoms with Crippen LogP contribution in [0.2, 0.25) is 0 Å². The van der Waals surface area contributed by atoms with Crippen molar-refractivity contribution < 1.29 is 23.0 Å². The highest BCUT2D eigenvalue weighted by Gasteiger charge is 2.31. The number of ether oxygens (including phenoxy) is 1. The molecule has 0 aliphatic rings. The van der Waals surface area contributed by atoms with E-state index in [-0.39, 0.29) is 19.0 Å². The molecule has 0 heterocycles. The number of rotatable bonds is 3. The third-order valence-corrected chi connectivity index (χ3v) is 2.26. The molecule has 0 bridgehead atoms. The Bertz CT molecular complexity index is 339. The number of benzene rings is 1. The van der Waals surface area contributed by atoms with Gasteiger partial charge in [-0.15, -0.1) is 0 Å². The molecule has 1 rings (SSSR count). The van der Waals surface area contributed by atoms with Crippen LogP contribution in [0, 0.1) is 0 Å². The van der Waals surface area contributed by atoms with Gasteiger partial charge in [-0.2, -0.15) is 13.2 Å². The Balaban J connectivity index is 2.95. The predicted octanol–water partition coefficient (Wildman–Crippen LogP) is 2.84. The van der Waals surface area contributed by atoms with Crippen molar-refractivity contribution in [1.29, 1.82) is 0 Å². The SMILES string of the molecule is OCCOc1cc(C(F)(F)F)ccc1Br. The monoisotopic (exact) mass is 284 g/mol. The highest BCUT2D eigenvalue weighted by molar-refractivity contribution is 9.10. The van der Waals surface area contributed by atoms with E-state index in [2.05, 4.69) is 15.9 Å². The first-order valence-electron chi connectivity index (χ1n) is 4.05. The minimum atomic E-state index is -4.39. The third-order valence-electron chi connectivity index (χ3n) is 1.61. The van der Waals surface area contributed by atoms with Crippen molar-refractivity contribution in [2.75, 3.05) is 13.2 Å². The molecular formula is C9H8BrF3O2. The fourth-order valence-electron chi connectivity index (χ4n) is 0.946. The Morgan fingerprint density at radius 3 is 2.53 bits per heavy atom. The van der Waals surface area contributed by atoms with Gasteiger partial charge in [-0.1, -0.05) is 0 Å². The van der Waals surface area contributed by atoms with E-state index in [1.165, 1.54) is 6.07 Å². The molecule has 0 saturated carbocycles. The molecule has 84 valence electrons. The maximum absolute atomic E-state index is 12.3. The molecule has 0 unspecified atom stereocenters. The maximum Gasteiger partial charge on any atom is 0.416 e. The average Bonchev–Trinajstić information content (AvgIpc) is 2.15. The zero-order chi connectivity index (χ0) is 11.5. The van der Waals surface area contributed by atoms with Gasteiger partial charge in [-0.3, -0.25) is 0 Å². The number of hydrogen-bond acceptors (Lipinski definition) is 2. The van der Waals surface area contributed by atoms with Gasteiger partial charge < -0.3 is 9.84 Å². The van der Waals surface area contributed by atoms with Gasteiger partial charge >= 0.3 is 6.18 Å². The molecule has 0 atom stereocenters. The normalized spacial score (nSPS) is 11.5. The summed E-state index contributed by atoms with van der Waals surface area (Å²) in [6.07, 6.45) is -4.39. The lowest BCUT2D eigenvalue weighted by Crippen LogP contribution is -2.07. The molecule has 15 heavy (non-hydrogen) atoms. The van der Waals surface area contributed by atoms with E-state index in [9.17, 15) is 13.2 Å². The summed E-state index contributed by atoms with van der Waals surface area (Å²) < 4.78 is 42.2. The molecule has 0 aromatic heterocycles. The van der Waals surface area contributed by atoms with Crippen LogP contribution in [-0.2, 0) is 6.18 Å². The van der Waals surface area contributed by atoms with Gasteiger partial charge in [0.15, 0.2) is 0 Å².